The lowest BCUT2D eigenvalue weighted by Gasteiger charge is -2.28. The normalized spacial score (nSPS) is 15.1. The average molecular weight is 284 g/mol. The largest absolute Gasteiger partial charge is 0.363 e. The Labute approximate surface area is 106 Å². The van der Waals surface area contributed by atoms with Crippen LogP contribution in [0.25, 0.3) is 0 Å². The predicted octanol–water partition coefficient (Wildman–Crippen LogP) is 1.72. The van der Waals surface area contributed by atoms with Crippen LogP contribution in [0.1, 0.15) is 13.8 Å². The lowest BCUT2D eigenvalue weighted by molar-refractivity contribution is -0.195. The van der Waals surface area contributed by atoms with Gasteiger partial charge in [-0.05, 0) is 13.8 Å². The summed E-state index contributed by atoms with van der Waals surface area (Å²) in [5.74, 6) is -7.18. The zero-order chi connectivity index (χ0) is 15.1. The third-order valence-electron chi connectivity index (χ3n) is 2.31. The van der Waals surface area contributed by atoms with Gasteiger partial charge in [-0.25, -0.2) is 27.2 Å². The number of rotatable bonds is 8. The predicted molar refractivity (Wildman–Crippen MR) is 55.9 cm³/mol. The summed E-state index contributed by atoms with van der Waals surface area (Å²) < 4.78 is 57.6. The van der Waals surface area contributed by atoms with Crippen LogP contribution in [0.5, 0.6) is 0 Å². The molecule has 5 nitrogen and oxygen atoms in total. The van der Waals surface area contributed by atoms with Crippen molar-refractivity contribution in [3.8, 4) is 0 Å². The van der Waals surface area contributed by atoms with E-state index in [9.17, 15) is 27.2 Å². The van der Waals surface area contributed by atoms with Crippen LogP contribution in [0, 0.1) is 0 Å². The van der Waals surface area contributed by atoms with Crippen molar-refractivity contribution in [2.75, 3.05) is 13.1 Å². The lowest BCUT2D eigenvalue weighted by atomic mass is 10.1. The van der Waals surface area contributed by atoms with Gasteiger partial charge in [-0.15, -0.1) is 0 Å². The first-order valence-corrected chi connectivity index (χ1v) is 5.15. The van der Waals surface area contributed by atoms with E-state index in [2.05, 4.69) is 14.7 Å². The average Bonchev–Trinajstić information content (AvgIpc) is 2.33. The molecule has 2 unspecified atom stereocenters. The number of aliphatic imine (C=N–C) groups is 2. The number of hydrogen-bond acceptors (Lipinski definition) is 5. The smallest absolute Gasteiger partial charge is 0.293 e. The van der Waals surface area contributed by atoms with E-state index in [1.54, 1.807) is 0 Å². The number of nitrogens with zero attached hydrogens (tertiary/aromatic N) is 2. The van der Waals surface area contributed by atoms with E-state index in [0.717, 1.165) is 26.0 Å². The van der Waals surface area contributed by atoms with Crippen molar-refractivity contribution in [3.63, 3.8) is 0 Å². The van der Waals surface area contributed by atoms with Crippen molar-refractivity contribution in [2.24, 2.45) is 9.98 Å². The number of halogens is 4. The Morgan fingerprint density at radius 1 is 0.947 bits per heavy atom. The quantitative estimate of drug-likeness (QED) is 0.387. The molecule has 0 heterocycles. The number of carbonyl (C=O) groups excluding carboxylic acids is 2. The van der Waals surface area contributed by atoms with Crippen LogP contribution in [-0.2, 0) is 14.3 Å². The number of hydrogen-bond donors (Lipinski definition) is 0. The Morgan fingerprint density at radius 2 is 1.26 bits per heavy atom. The monoisotopic (exact) mass is 284 g/mol. The molecule has 19 heavy (non-hydrogen) atoms. The first-order valence-electron chi connectivity index (χ1n) is 5.15. The highest BCUT2D eigenvalue weighted by atomic mass is 19.3. The molecule has 0 N–H and O–H groups in total. The van der Waals surface area contributed by atoms with Crippen LogP contribution < -0.4 is 0 Å². The van der Waals surface area contributed by atoms with E-state index in [1.165, 1.54) is 0 Å². The van der Waals surface area contributed by atoms with E-state index < -0.39 is 37.1 Å². The Kier molecular flexibility index (Phi) is 6.55. The highest BCUT2D eigenvalue weighted by Crippen LogP contribution is 2.28. The van der Waals surface area contributed by atoms with Crippen molar-refractivity contribution >= 4 is 12.2 Å². The minimum absolute atomic E-state index is 0.871. The van der Waals surface area contributed by atoms with Crippen LogP contribution in [0.15, 0.2) is 9.98 Å². The van der Waals surface area contributed by atoms with Crippen molar-refractivity contribution in [3.05, 3.63) is 0 Å². The standard InChI is InChI=1S/C10H12F4N2O3/c1-7(9(11,12)3-15-5-17)19-8(2)10(13,14)4-16-6-18/h7-8H,3-4H2,1-2H3. The Hall–Kier alpha value is -1.56. The third-order valence-corrected chi connectivity index (χ3v) is 2.31. The molecule has 108 valence electrons. The first kappa shape index (κ1) is 17.4. The SMILES string of the molecule is CC(OC(C)C(F)(F)CN=C=O)C(F)(F)CN=C=O. The summed E-state index contributed by atoms with van der Waals surface area (Å²) >= 11 is 0. The number of alkyl halides is 4. The Morgan fingerprint density at radius 3 is 1.53 bits per heavy atom. The van der Waals surface area contributed by atoms with Crippen molar-refractivity contribution < 1.29 is 31.9 Å². The second-order valence-corrected chi connectivity index (χ2v) is 3.76. The molecule has 0 aliphatic rings. The van der Waals surface area contributed by atoms with Crippen LogP contribution in [0.4, 0.5) is 17.6 Å². The van der Waals surface area contributed by atoms with Gasteiger partial charge in [0.1, 0.15) is 25.3 Å². The fourth-order valence-electron chi connectivity index (χ4n) is 1.04. The van der Waals surface area contributed by atoms with Gasteiger partial charge in [-0.3, -0.25) is 0 Å². The molecule has 0 aromatic heterocycles. The molecule has 0 aromatic carbocycles. The number of isocyanates is 2. The van der Waals surface area contributed by atoms with Gasteiger partial charge < -0.3 is 4.74 Å². The molecule has 2 atom stereocenters. The summed E-state index contributed by atoms with van der Waals surface area (Å²) in [6, 6.07) is 0. The second kappa shape index (κ2) is 7.13. The molecule has 0 radical (unpaired) electrons. The molecular formula is C10H12F4N2O3. The minimum Gasteiger partial charge on any atom is -0.363 e. The van der Waals surface area contributed by atoms with Gasteiger partial charge in [0, 0.05) is 0 Å². The fraction of sp³-hybridized carbons (Fsp3) is 0.800. The molecular weight excluding hydrogens is 272 g/mol. The summed E-state index contributed by atoms with van der Waals surface area (Å²) in [6.45, 7) is -0.670. The lowest BCUT2D eigenvalue weighted by Crippen LogP contribution is -2.44. The van der Waals surface area contributed by atoms with Gasteiger partial charge in [0.2, 0.25) is 12.2 Å². The zero-order valence-corrected chi connectivity index (χ0v) is 10.2. The summed E-state index contributed by atoms with van der Waals surface area (Å²) in [5.41, 5.74) is 0. The maximum atomic E-state index is 13.3. The molecule has 0 saturated carbocycles. The van der Waals surface area contributed by atoms with Gasteiger partial charge in [-0.1, -0.05) is 0 Å². The highest BCUT2D eigenvalue weighted by Gasteiger charge is 2.44. The summed E-state index contributed by atoms with van der Waals surface area (Å²) in [6.07, 6.45) is -1.95. The van der Waals surface area contributed by atoms with E-state index in [-0.39, 0.29) is 0 Å². The van der Waals surface area contributed by atoms with E-state index in [1.807, 2.05) is 0 Å². The molecule has 0 rings (SSSR count). The van der Waals surface area contributed by atoms with Crippen LogP contribution in [0.2, 0.25) is 0 Å². The maximum Gasteiger partial charge on any atom is 0.293 e. The molecule has 0 aliphatic heterocycles. The van der Waals surface area contributed by atoms with E-state index in [0.29, 0.717) is 0 Å². The van der Waals surface area contributed by atoms with Gasteiger partial charge >= 0.3 is 0 Å². The van der Waals surface area contributed by atoms with E-state index in [4.69, 9.17) is 0 Å². The molecule has 0 spiro atoms. The molecule has 0 fully saturated rings. The summed E-state index contributed by atoms with van der Waals surface area (Å²) in [4.78, 5) is 24.9. The Balaban J connectivity index is 4.65. The maximum absolute atomic E-state index is 13.3. The molecule has 0 aromatic rings. The van der Waals surface area contributed by atoms with Crippen molar-refractivity contribution in [1.82, 2.24) is 0 Å². The fourth-order valence-corrected chi connectivity index (χ4v) is 1.04. The van der Waals surface area contributed by atoms with Gasteiger partial charge in [0.25, 0.3) is 11.8 Å². The van der Waals surface area contributed by atoms with Crippen molar-refractivity contribution in [2.45, 2.75) is 37.9 Å². The molecule has 9 heteroatoms. The van der Waals surface area contributed by atoms with E-state index >= 15 is 0 Å². The summed E-state index contributed by atoms with van der Waals surface area (Å²) in [5, 5.41) is 0. The topological polar surface area (TPSA) is 68.1 Å². The zero-order valence-electron chi connectivity index (χ0n) is 10.2. The van der Waals surface area contributed by atoms with Crippen LogP contribution in [0.3, 0.4) is 0 Å². The van der Waals surface area contributed by atoms with Gasteiger partial charge in [0.15, 0.2) is 0 Å². The van der Waals surface area contributed by atoms with Crippen LogP contribution in [-0.4, -0.2) is 49.3 Å². The second-order valence-electron chi connectivity index (χ2n) is 3.76. The number of ether oxygens (including phenoxy) is 1. The Bertz CT molecular complexity index is 354. The minimum atomic E-state index is -3.59. The van der Waals surface area contributed by atoms with Gasteiger partial charge in [-0.2, -0.15) is 9.98 Å². The summed E-state index contributed by atoms with van der Waals surface area (Å²) in [7, 11) is 0. The molecule has 0 saturated heterocycles. The first-order chi connectivity index (χ1) is 8.67. The highest BCUT2D eigenvalue weighted by molar-refractivity contribution is 5.33. The molecule has 0 amide bonds. The molecule has 0 bridgehead atoms. The third kappa shape index (κ3) is 5.74. The van der Waals surface area contributed by atoms with Gasteiger partial charge in [0.05, 0.1) is 0 Å². The van der Waals surface area contributed by atoms with Crippen LogP contribution >= 0.6 is 0 Å². The van der Waals surface area contributed by atoms with Crippen molar-refractivity contribution in [1.29, 1.82) is 0 Å². The molecule has 0 aliphatic carbocycles.